The molecule has 0 heterocycles. The van der Waals surface area contributed by atoms with Crippen LogP contribution < -0.4 is 4.90 Å². The Morgan fingerprint density at radius 1 is 0.696 bits per heavy atom. The van der Waals surface area contributed by atoms with Crippen molar-refractivity contribution >= 4 is 17.1 Å². The third kappa shape index (κ3) is 3.46. The van der Waals surface area contributed by atoms with Crippen molar-refractivity contribution in [1.29, 1.82) is 0 Å². The lowest BCUT2D eigenvalue weighted by Gasteiger charge is -2.27. The van der Waals surface area contributed by atoms with E-state index in [0.29, 0.717) is 6.42 Å². The second-order valence-corrected chi connectivity index (χ2v) is 5.24. The van der Waals surface area contributed by atoms with Gasteiger partial charge in [0, 0.05) is 17.1 Å². The van der Waals surface area contributed by atoms with E-state index in [4.69, 9.17) is 0 Å². The molecule has 0 aliphatic heterocycles. The van der Waals surface area contributed by atoms with E-state index < -0.39 is 0 Å². The highest BCUT2D eigenvalue weighted by Gasteiger charge is 2.14. The topological polar surface area (TPSA) is 32.7 Å². The molecule has 0 saturated carbocycles. The fraction of sp³-hybridized carbons (Fsp3) is 0.100. The van der Waals surface area contributed by atoms with Gasteiger partial charge in [-0.25, -0.2) is 0 Å². The Hall–Kier alpha value is -2.94. The van der Waals surface area contributed by atoms with Gasteiger partial charge in [-0.15, -0.1) is 0 Å². The second kappa shape index (κ2) is 7.36. The van der Waals surface area contributed by atoms with Crippen molar-refractivity contribution in [2.75, 3.05) is 11.4 Å². The fourth-order valence-electron chi connectivity index (χ4n) is 2.69. The summed E-state index contributed by atoms with van der Waals surface area (Å²) in [6.07, 6.45) is 0.635. The first-order valence-corrected chi connectivity index (χ1v) is 7.67. The summed E-state index contributed by atoms with van der Waals surface area (Å²) in [4.78, 5) is 12.7. The standard InChI is InChI=1S/C20H18N2O/c23-21-16-15-17-9-7-8-14-20(17)22(18-10-3-1-4-11-18)19-12-5-2-6-13-19/h1-14H,15-16H2. The van der Waals surface area contributed by atoms with Crippen LogP contribution in [0, 0.1) is 4.91 Å². The molecule has 3 aromatic rings. The summed E-state index contributed by atoms with van der Waals surface area (Å²) in [5.41, 5.74) is 4.36. The SMILES string of the molecule is O=NCCc1ccccc1N(c1ccccc1)c1ccccc1. The van der Waals surface area contributed by atoms with Gasteiger partial charge in [0.2, 0.25) is 0 Å². The van der Waals surface area contributed by atoms with Crippen molar-refractivity contribution in [2.45, 2.75) is 6.42 Å². The molecule has 23 heavy (non-hydrogen) atoms. The van der Waals surface area contributed by atoms with Gasteiger partial charge in [-0.1, -0.05) is 59.8 Å². The molecule has 3 aromatic carbocycles. The fourth-order valence-corrected chi connectivity index (χ4v) is 2.69. The summed E-state index contributed by atoms with van der Waals surface area (Å²) in [5.74, 6) is 0. The van der Waals surface area contributed by atoms with Crippen molar-refractivity contribution < 1.29 is 0 Å². The number of nitrogens with zero attached hydrogens (tertiary/aromatic N) is 2. The molecule has 0 saturated heterocycles. The Morgan fingerprint density at radius 2 is 1.22 bits per heavy atom. The van der Waals surface area contributed by atoms with Crippen molar-refractivity contribution in [1.82, 2.24) is 0 Å². The van der Waals surface area contributed by atoms with Gasteiger partial charge < -0.3 is 4.90 Å². The van der Waals surface area contributed by atoms with Gasteiger partial charge in [-0.2, -0.15) is 4.91 Å². The third-order valence-corrected chi connectivity index (χ3v) is 3.73. The van der Waals surface area contributed by atoms with Gasteiger partial charge in [0.1, 0.15) is 0 Å². The number of benzene rings is 3. The molecule has 0 unspecified atom stereocenters. The highest BCUT2D eigenvalue weighted by atomic mass is 16.3. The van der Waals surface area contributed by atoms with Gasteiger partial charge in [0.15, 0.2) is 0 Å². The Balaban J connectivity index is 2.11. The van der Waals surface area contributed by atoms with Crippen LogP contribution in [0.3, 0.4) is 0 Å². The molecular weight excluding hydrogens is 284 g/mol. The van der Waals surface area contributed by atoms with E-state index in [0.717, 1.165) is 22.6 Å². The monoisotopic (exact) mass is 302 g/mol. The molecule has 0 aromatic heterocycles. The molecule has 0 radical (unpaired) electrons. The van der Waals surface area contributed by atoms with Gasteiger partial charge in [0.05, 0.1) is 6.54 Å². The van der Waals surface area contributed by atoms with Crippen LogP contribution in [0.2, 0.25) is 0 Å². The molecule has 0 amide bonds. The van der Waals surface area contributed by atoms with Crippen LogP contribution in [0.25, 0.3) is 0 Å². The molecule has 0 spiro atoms. The molecular formula is C20H18N2O. The average Bonchev–Trinajstić information content (AvgIpc) is 2.63. The van der Waals surface area contributed by atoms with Crippen molar-refractivity contribution in [3.63, 3.8) is 0 Å². The first-order chi connectivity index (χ1) is 11.4. The Labute approximate surface area is 136 Å². The Kier molecular flexibility index (Phi) is 4.79. The molecule has 3 nitrogen and oxygen atoms in total. The van der Waals surface area contributed by atoms with Crippen LogP contribution in [0.1, 0.15) is 5.56 Å². The number of rotatable bonds is 6. The molecule has 3 rings (SSSR count). The molecule has 0 fully saturated rings. The van der Waals surface area contributed by atoms with Crippen LogP contribution in [0.4, 0.5) is 17.1 Å². The number of anilines is 3. The second-order valence-electron chi connectivity index (χ2n) is 5.24. The van der Waals surface area contributed by atoms with E-state index in [-0.39, 0.29) is 6.54 Å². The van der Waals surface area contributed by atoms with Gasteiger partial charge in [-0.3, -0.25) is 0 Å². The maximum absolute atomic E-state index is 10.5. The number of hydrogen-bond donors (Lipinski definition) is 0. The lowest BCUT2D eigenvalue weighted by molar-refractivity contribution is 0.956. The van der Waals surface area contributed by atoms with E-state index in [1.54, 1.807) is 0 Å². The lowest BCUT2D eigenvalue weighted by Crippen LogP contribution is -2.12. The summed E-state index contributed by atoms with van der Waals surface area (Å²) in [5, 5.41) is 3.01. The third-order valence-electron chi connectivity index (χ3n) is 3.73. The number of hydrogen-bond acceptors (Lipinski definition) is 3. The molecule has 0 aliphatic carbocycles. The van der Waals surface area contributed by atoms with Crippen LogP contribution >= 0.6 is 0 Å². The first kappa shape index (κ1) is 15.0. The van der Waals surface area contributed by atoms with Crippen molar-refractivity contribution in [2.24, 2.45) is 5.18 Å². The highest BCUT2D eigenvalue weighted by Crippen LogP contribution is 2.36. The van der Waals surface area contributed by atoms with E-state index in [1.807, 2.05) is 48.5 Å². The molecule has 3 heteroatoms. The Morgan fingerprint density at radius 3 is 1.78 bits per heavy atom. The molecule has 0 atom stereocenters. The minimum Gasteiger partial charge on any atom is -0.310 e. The first-order valence-electron chi connectivity index (χ1n) is 7.67. The number of nitroso groups, excluding NO2 is 1. The van der Waals surface area contributed by atoms with Gasteiger partial charge >= 0.3 is 0 Å². The van der Waals surface area contributed by atoms with Crippen LogP contribution in [-0.4, -0.2) is 6.54 Å². The zero-order chi connectivity index (χ0) is 15.9. The van der Waals surface area contributed by atoms with Gasteiger partial charge in [0.25, 0.3) is 0 Å². The highest BCUT2D eigenvalue weighted by molar-refractivity contribution is 5.78. The smallest absolute Gasteiger partial charge is 0.0852 e. The largest absolute Gasteiger partial charge is 0.310 e. The summed E-state index contributed by atoms with van der Waals surface area (Å²) < 4.78 is 0. The Bertz CT molecular complexity index is 717. The van der Waals surface area contributed by atoms with E-state index in [1.165, 1.54) is 0 Å². The van der Waals surface area contributed by atoms with E-state index >= 15 is 0 Å². The molecule has 0 aliphatic rings. The van der Waals surface area contributed by atoms with E-state index in [9.17, 15) is 4.91 Å². The number of para-hydroxylation sites is 3. The molecule has 114 valence electrons. The summed E-state index contributed by atoms with van der Waals surface area (Å²) in [6, 6.07) is 28.6. The zero-order valence-corrected chi connectivity index (χ0v) is 12.8. The lowest BCUT2D eigenvalue weighted by atomic mass is 10.1. The van der Waals surface area contributed by atoms with Crippen molar-refractivity contribution in [3.8, 4) is 0 Å². The predicted molar refractivity (Wildman–Crippen MR) is 95.5 cm³/mol. The minimum absolute atomic E-state index is 0.286. The summed E-state index contributed by atoms with van der Waals surface area (Å²) in [7, 11) is 0. The van der Waals surface area contributed by atoms with Gasteiger partial charge in [-0.05, 0) is 42.3 Å². The molecule has 0 N–H and O–H groups in total. The summed E-state index contributed by atoms with van der Waals surface area (Å²) >= 11 is 0. The van der Waals surface area contributed by atoms with Crippen LogP contribution in [0.15, 0.2) is 90.1 Å². The van der Waals surface area contributed by atoms with Crippen molar-refractivity contribution in [3.05, 3.63) is 95.4 Å². The zero-order valence-electron chi connectivity index (χ0n) is 12.8. The molecule has 0 bridgehead atoms. The minimum atomic E-state index is 0.286. The maximum Gasteiger partial charge on any atom is 0.0852 e. The predicted octanol–water partition coefficient (Wildman–Crippen LogP) is 5.47. The maximum atomic E-state index is 10.5. The normalized spacial score (nSPS) is 10.3. The quantitative estimate of drug-likeness (QED) is 0.566. The van der Waals surface area contributed by atoms with E-state index in [2.05, 4.69) is 46.5 Å². The van der Waals surface area contributed by atoms with Crippen LogP contribution in [-0.2, 0) is 6.42 Å². The average molecular weight is 302 g/mol. The van der Waals surface area contributed by atoms with Crippen LogP contribution in [0.5, 0.6) is 0 Å². The summed E-state index contributed by atoms with van der Waals surface area (Å²) in [6.45, 7) is 0.286.